The Labute approximate surface area is 224 Å². The minimum atomic E-state index is -1.33. The molecule has 210 valence electrons. The maximum atomic E-state index is 13.6. The van der Waals surface area contributed by atoms with Gasteiger partial charge in [-0.1, -0.05) is 26.3 Å². The lowest BCUT2D eigenvalue weighted by molar-refractivity contribution is -0.176. The molecule has 0 spiro atoms. The van der Waals surface area contributed by atoms with E-state index in [0.717, 1.165) is 25.7 Å². The summed E-state index contributed by atoms with van der Waals surface area (Å²) in [5, 5.41) is 29.7. The third-order valence-electron chi connectivity index (χ3n) is 8.87. The van der Waals surface area contributed by atoms with E-state index in [9.17, 15) is 29.7 Å². The lowest BCUT2D eigenvalue weighted by Crippen LogP contribution is -2.52. The van der Waals surface area contributed by atoms with Crippen LogP contribution >= 0.6 is 0 Å². The molecule has 0 radical (unpaired) electrons. The summed E-state index contributed by atoms with van der Waals surface area (Å²) < 4.78 is 6.11. The Bertz CT molecular complexity index is 1050. The van der Waals surface area contributed by atoms with Gasteiger partial charge in [0.25, 0.3) is 5.91 Å². The maximum Gasteiger partial charge on any atom is 0.329 e. The molecule has 9 nitrogen and oxygen atoms in total. The van der Waals surface area contributed by atoms with E-state index in [1.165, 1.54) is 23.1 Å². The van der Waals surface area contributed by atoms with Crippen LogP contribution in [0.2, 0.25) is 0 Å². The third kappa shape index (κ3) is 6.08. The molecular weight excluding hydrogens is 488 g/mol. The molecule has 2 saturated heterocycles. The first-order valence-electron chi connectivity index (χ1n) is 14.0. The monoisotopic (exact) mass is 530 g/mol. The average Bonchev–Trinajstić information content (AvgIpc) is 3.38. The van der Waals surface area contributed by atoms with Crippen LogP contribution in [0.1, 0.15) is 71.3 Å². The van der Waals surface area contributed by atoms with Crippen LogP contribution in [0.3, 0.4) is 0 Å². The number of amides is 2. The molecule has 3 aliphatic rings. The predicted octanol–water partition coefficient (Wildman–Crippen LogP) is 2.99. The Morgan fingerprint density at radius 2 is 1.79 bits per heavy atom. The van der Waals surface area contributed by atoms with Crippen LogP contribution in [0.5, 0.6) is 11.5 Å². The summed E-state index contributed by atoms with van der Waals surface area (Å²) in [5.74, 6) is -1.19. The molecule has 1 aliphatic carbocycles. The van der Waals surface area contributed by atoms with Gasteiger partial charge in [0, 0.05) is 26.1 Å². The molecule has 2 aliphatic heterocycles. The van der Waals surface area contributed by atoms with Crippen molar-refractivity contribution in [1.82, 2.24) is 9.80 Å². The van der Waals surface area contributed by atoms with Crippen LogP contribution in [-0.4, -0.2) is 80.3 Å². The molecule has 2 heterocycles. The molecular formula is C29H42N2O7. The van der Waals surface area contributed by atoms with Gasteiger partial charge >= 0.3 is 5.97 Å². The summed E-state index contributed by atoms with van der Waals surface area (Å²) in [5.41, 5.74) is -0.00977. The zero-order chi connectivity index (χ0) is 27.6. The molecule has 2 amide bonds. The number of hydrogen-bond acceptors (Lipinski definition) is 7. The quantitative estimate of drug-likeness (QED) is 0.381. The first-order valence-corrected chi connectivity index (χ1v) is 14.0. The topological polar surface area (TPSA) is 128 Å². The number of carbonyl (C=O) groups excluding carboxylic acids is 3. The van der Waals surface area contributed by atoms with Gasteiger partial charge in [0.2, 0.25) is 5.91 Å². The number of rotatable bonds is 6. The number of esters is 1. The fraction of sp³-hybridized carbons (Fsp3) is 0.690. The second kappa shape index (κ2) is 11.5. The Balaban J connectivity index is 1.36. The van der Waals surface area contributed by atoms with E-state index in [2.05, 4.69) is 13.8 Å². The number of ether oxygens (including phenoxy) is 1. The summed E-state index contributed by atoms with van der Waals surface area (Å²) >= 11 is 0. The van der Waals surface area contributed by atoms with Gasteiger partial charge in [-0.15, -0.1) is 0 Å². The zero-order valence-corrected chi connectivity index (χ0v) is 22.8. The second-order valence-corrected chi connectivity index (χ2v) is 11.9. The van der Waals surface area contributed by atoms with Crippen molar-refractivity contribution < 1.29 is 34.4 Å². The van der Waals surface area contributed by atoms with Crippen LogP contribution in [0.25, 0.3) is 0 Å². The standard InChI is InChI=1S/C29H42N2O7/c1-18-8-9-19(2)29(3,16-18)38-28(37)22-7-5-13-31(22)26(35)21-6-4-12-30(17-21)27(36)25(34)15-20-10-11-23(32)24(33)14-20/h10-11,14,18-19,21-22,25,32-34H,4-9,12-13,15-17H2,1-3H3. The molecule has 3 N–H and O–H groups in total. The van der Waals surface area contributed by atoms with Gasteiger partial charge in [-0.25, -0.2) is 4.79 Å². The van der Waals surface area contributed by atoms with Gasteiger partial charge in [-0.2, -0.15) is 0 Å². The number of carbonyl (C=O) groups is 3. The van der Waals surface area contributed by atoms with Crippen molar-refractivity contribution in [2.45, 2.75) is 89.9 Å². The largest absolute Gasteiger partial charge is 0.504 e. The molecule has 38 heavy (non-hydrogen) atoms. The van der Waals surface area contributed by atoms with Crippen molar-refractivity contribution in [3.63, 3.8) is 0 Å². The van der Waals surface area contributed by atoms with Crippen molar-refractivity contribution in [1.29, 1.82) is 0 Å². The first-order chi connectivity index (χ1) is 18.0. The lowest BCUT2D eigenvalue weighted by atomic mass is 9.73. The number of likely N-dealkylation sites (tertiary alicyclic amines) is 2. The third-order valence-corrected chi connectivity index (χ3v) is 8.87. The van der Waals surface area contributed by atoms with Crippen LogP contribution in [0.15, 0.2) is 18.2 Å². The highest BCUT2D eigenvalue weighted by molar-refractivity contribution is 5.88. The predicted molar refractivity (Wildman–Crippen MR) is 140 cm³/mol. The number of benzene rings is 1. The Hall–Kier alpha value is -2.81. The SMILES string of the molecule is CC1CCC(C)C(C)(OC(=O)C2CCCN2C(=O)C2CCCN(C(=O)C(O)Cc3ccc(O)c(O)c3)C2)C1. The molecule has 6 unspecified atom stereocenters. The smallest absolute Gasteiger partial charge is 0.329 e. The molecule has 9 heteroatoms. The number of aliphatic hydroxyl groups is 1. The van der Waals surface area contributed by atoms with E-state index in [1.807, 2.05) is 6.92 Å². The van der Waals surface area contributed by atoms with Gasteiger partial charge < -0.3 is 29.9 Å². The second-order valence-electron chi connectivity index (χ2n) is 11.9. The van der Waals surface area contributed by atoms with E-state index in [-0.39, 0.29) is 42.3 Å². The van der Waals surface area contributed by atoms with E-state index >= 15 is 0 Å². The number of hydrogen-bond donors (Lipinski definition) is 3. The molecule has 1 aromatic carbocycles. The van der Waals surface area contributed by atoms with Crippen molar-refractivity contribution >= 4 is 17.8 Å². The summed E-state index contributed by atoms with van der Waals surface area (Å²) in [6.07, 6.45) is 4.20. The zero-order valence-electron chi connectivity index (χ0n) is 22.8. The van der Waals surface area contributed by atoms with Crippen LogP contribution in [0, 0.1) is 17.8 Å². The molecule has 1 aromatic rings. The minimum absolute atomic E-state index is 0.0162. The van der Waals surface area contributed by atoms with Crippen molar-refractivity contribution in [3.05, 3.63) is 23.8 Å². The number of aromatic hydroxyl groups is 2. The van der Waals surface area contributed by atoms with E-state index < -0.39 is 29.6 Å². The maximum absolute atomic E-state index is 13.6. The normalized spacial score (nSPS) is 30.6. The van der Waals surface area contributed by atoms with Crippen LogP contribution in [-0.2, 0) is 25.5 Å². The van der Waals surface area contributed by atoms with Gasteiger partial charge in [0.05, 0.1) is 5.92 Å². The fourth-order valence-corrected chi connectivity index (χ4v) is 6.38. The number of phenols is 2. The van der Waals surface area contributed by atoms with Gasteiger partial charge in [-0.05, 0) is 75.0 Å². The Morgan fingerprint density at radius 3 is 2.53 bits per heavy atom. The van der Waals surface area contributed by atoms with Crippen LogP contribution in [0.4, 0.5) is 0 Å². The molecule has 0 bridgehead atoms. The number of aliphatic hydroxyl groups excluding tert-OH is 1. The Kier molecular flexibility index (Phi) is 8.55. The van der Waals surface area contributed by atoms with E-state index in [1.54, 1.807) is 4.90 Å². The van der Waals surface area contributed by atoms with E-state index in [0.29, 0.717) is 43.8 Å². The number of phenolic OH excluding ortho intramolecular Hbond substituents is 2. The molecule has 4 rings (SSSR count). The highest BCUT2D eigenvalue weighted by atomic mass is 16.6. The molecule has 6 atom stereocenters. The number of piperidine rings is 1. The lowest BCUT2D eigenvalue weighted by Gasteiger charge is -2.43. The molecule has 3 fully saturated rings. The van der Waals surface area contributed by atoms with Crippen molar-refractivity contribution in [2.24, 2.45) is 17.8 Å². The van der Waals surface area contributed by atoms with Gasteiger partial charge in [0.15, 0.2) is 11.5 Å². The van der Waals surface area contributed by atoms with Gasteiger partial charge in [-0.3, -0.25) is 9.59 Å². The summed E-state index contributed by atoms with van der Waals surface area (Å²) in [4.78, 5) is 43.0. The highest BCUT2D eigenvalue weighted by Crippen LogP contribution is 2.40. The van der Waals surface area contributed by atoms with E-state index in [4.69, 9.17) is 4.74 Å². The summed E-state index contributed by atoms with van der Waals surface area (Å²) in [7, 11) is 0. The minimum Gasteiger partial charge on any atom is -0.504 e. The van der Waals surface area contributed by atoms with Crippen molar-refractivity contribution in [3.8, 4) is 11.5 Å². The summed E-state index contributed by atoms with van der Waals surface area (Å²) in [6.45, 7) is 7.47. The van der Waals surface area contributed by atoms with Crippen molar-refractivity contribution in [2.75, 3.05) is 19.6 Å². The van der Waals surface area contributed by atoms with Gasteiger partial charge in [0.1, 0.15) is 17.7 Å². The Morgan fingerprint density at radius 1 is 1.05 bits per heavy atom. The summed E-state index contributed by atoms with van der Waals surface area (Å²) in [6, 6.07) is 3.57. The highest BCUT2D eigenvalue weighted by Gasteiger charge is 2.45. The fourth-order valence-electron chi connectivity index (χ4n) is 6.38. The number of nitrogens with zero attached hydrogens (tertiary/aromatic N) is 2. The first kappa shape index (κ1) is 28.2. The molecule has 0 aromatic heterocycles. The van der Waals surface area contributed by atoms with Crippen LogP contribution < -0.4 is 0 Å². The average molecular weight is 531 g/mol. The molecule has 1 saturated carbocycles.